The van der Waals surface area contributed by atoms with E-state index in [1.54, 1.807) is 42.5 Å². The summed E-state index contributed by atoms with van der Waals surface area (Å²) in [5.41, 5.74) is 2.20. The van der Waals surface area contributed by atoms with E-state index >= 15 is 0 Å². The van der Waals surface area contributed by atoms with Crippen LogP contribution in [0.25, 0.3) is 11.2 Å². The summed E-state index contributed by atoms with van der Waals surface area (Å²) in [5.74, 6) is 1.68. The van der Waals surface area contributed by atoms with E-state index < -0.39 is 6.04 Å². The maximum absolute atomic E-state index is 13.5. The van der Waals surface area contributed by atoms with Crippen molar-refractivity contribution in [2.45, 2.75) is 37.6 Å². The van der Waals surface area contributed by atoms with Crippen molar-refractivity contribution >= 4 is 23.0 Å². The van der Waals surface area contributed by atoms with Crippen molar-refractivity contribution in [3.8, 4) is 5.75 Å². The molecule has 2 amide bonds. The number of rotatable bonds is 4. The fourth-order valence-corrected chi connectivity index (χ4v) is 4.83. The van der Waals surface area contributed by atoms with Crippen LogP contribution in [0.2, 0.25) is 0 Å². The van der Waals surface area contributed by atoms with Gasteiger partial charge in [-0.15, -0.1) is 0 Å². The average molecular weight is 434 g/mol. The summed E-state index contributed by atoms with van der Waals surface area (Å²) in [6, 6.07) is 10.5. The number of aromatic amines is 1. The third-order valence-corrected chi connectivity index (χ3v) is 6.53. The Labute approximate surface area is 186 Å². The van der Waals surface area contributed by atoms with Gasteiger partial charge in [0.1, 0.15) is 17.6 Å². The predicted molar refractivity (Wildman–Crippen MR) is 119 cm³/mol. The molecule has 166 valence electrons. The number of aromatic nitrogens is 3. The molecule has 0 spiro atoms. The lowest BCUT2D eigenvalue weighted by Crippen LogP contribution is -2.50. The third kappa shape index (κ3) is 3.81. The van der Waals surface area contributed by atoms with Gasteiger partial charge in [-0.1, -0.05) is 0 Å². The van der Waals surface area contributed by atoms with E-state index in [4.69, 9.17) is 4.74 Å². The SMILES string of the molecule is COc1ccc(C(=O)N2CCCC2C(=O)N2CCCC(c3nc4ncccc4[nH]3)C2)cc1. The predicted octanol–water partition coefficient (Wildman–Crippen LogP) is 2.98. The van der Waals surface area contributed by atoms with E-state index in [0.29, 0.717) is 36.5 Å². The summed E-state index contributed by atoms with van der Waals surface area (Å²) in [7, 11) is 1.60. The second-order valence-electron chi connectivity index (χ2n) is 8.51. The quantitative estimate of drug-likeness (QED) is 0.683. The van der Waals surface area contributed by atoms with Gasteiger partial charge >= 0.3 is 0 Å². The lowest BCUT2D eigenvalue weighted by molar-refractivity contribution is -0.136. The zero-order valence-corrected chi connectivity index (χ0v) is 18.2. The van der Waals surface area contributed by atoms with Gasteiger partial charge in [0, 0.05) is 37.3 Å². The van der Waals surface area contributed by atoms with Gasteiger partial charge in [-0.25, -0.2) is 9.97 Å². The second kappa shape index (κ2) is 8.61. The second-order valence-corrected chi connectivity index (χ2v) is 8.51. The number of H-pyrrole nitrogens is 1. The summed E-state index contributed by atoms with van der Waals surface area (Å²) in [4.78, 5) is 42.6. The molecule has 5 rings (SSSR count). The molecule has 2 aliphatic heterocycles. The Hall–Kier alpha value is -3.42. The van der Waals surface area contributed by atoms with Gasteiger partial charge in [0.2, 0.25) is 5.91 Å². The highest BCUT2D eigenvalue weighted by Crippen LogP contribution is 2.29. The topological polar surface area (TPSA) is 91.4 Å². The number of hydrogen-bond donors (Lipinski definition) is 1. The molecule has 2 atom stereocenters. The number of amides is 2. The summed E-state index contributed by atoms with van der Waals surface area (Å²) < 4.78 is 5.18. The molecule has 4 heterocycles. The highest BCUT2D eigenvalue weighted by atomic mass is 16.5. The standard InChI is InChI=1S/C24H27N5O3/c1-32-18-10-8-16(9-11-18)23(30)29-14-4-7-20(29)24(31)28-13-3-5-17(15-28)21-26-19-6-2-12-25-22(19)27-21/h2,6,8-12,17,20H,3-5,7,13-15H2,1H3,(H,25,26,27). The van der Waals surface area contributed by atoms with Crippen LogP contribution in [-0.2, 0) is 4.79 Å². The van der Waals surface area contributed by atoms with Crippen molar-refractivity contribution in [2.24, 2.45) is 0 Å². The minimum atomic E-state index is -0.402. The molecule has 2 fully saturated rings. The summed E-state index contributed by atoms with van der Waals surface area (Å²) in [6.07, 6.45) is 5.17. The van der Waals surface area contributed by atoms with E-state index in [9.17, 15) is 9.59 Å². The monoisotopic (exact) mass is 433 g/mol. The lowest BCUT2D eigenvalue weighted by atomic mass is 9.96. The number of pyridine rings is 1. The van der Waals surface area contributed by atoms with Crippen LogP contribution >= 0.6 is 0 Å². The van der Waals surface area contributed by atoms with Crippen LogP contribution in [0.4, 0.5) is 0 Å². The van der Waals surface area contributed by atoms with E-state index in [2.05, 4.69) is 15.0 Å². The van der Waals surface area contributed by atoms with Crippen LogP contribution in [-0.4, -0.2) is 69.4 Å². The molecule has 32 heavy (non-hydrogen) atoms. The molecule has 0 aliphatic carbocycles. The highest BCUT2D eigenvalue weighted by Gasteiger charge is 2.38. The van der Waals surface area contributed by atoms with Crippen molar-refractivity contribution in [1.82, 2.24) is 24.8 Å². The van der Waals surface area contributed by atoms with E-state index in [-0.39, 0.29) is 17.7 Å². The van der Waals surface area contributed by atoms with Crippen LogP contribution in [0.1, 0.15) is 47.8 Å². The minimum absolute atomic E-state index is 0.0447. The number of likely N-dealkylation sites (tertiary alicyclic amines) is 2. The first kappa shape index (κ1) is 20.5. The van der Waals surface area contributed by atoms with Crippen molar-refractivity contribution in [1.29, 1.82) is 0 Å². The number of carbonyl (C=O) groups is 2. The third-order valence-electron chi connectivity index (χ3n) is 6.53. The molecule has 2 aliphatic rings. The minimum Gasteiger partial charge on any atom is -0.497 e. The fourth-order valence-electron chi connectivity index (χ4n) is 4.83. The molecule has 2 unspecified atom stereocenters. The number of imidazole rings is 1. The van der Waals surface area contributed by atoms with Crippen LogP contribution in [0, 0.1) is 0 Å². The number of nitrogens with zero attached hydrogens (tertiary/aromatic N) is 4. The van der Waals surface area contributed by atoms with E-state index in [1.165, 1.54) is 0 Å². The zero-order valence-electron chi connectivity index (χ0n) is 18.2. The number of fused-ring (bicyclic) bond motifs is 1. The smallest absolute Gasteiger partial charge is 0.254 e. The average Bonchev–Trinajstić information content (AvgIpc) is 3.51. The Balaban J connectivity index is 1.30. The normalized spacial score (nSPS) is 21.2. The molecule has 8 nitrogen and oxygen atoms in total. The zero-order chi connectivity index (χ0) is 22.1. The molecular formula is C24H27N5O3. The Bertz CT molecular complexity index is 1090. The van der Waals surface area contributed by atoms with Crippen LogP contribution < -0.4 is 4.74 Å². The van der Waals surface area contributed by atoms with Crippen molar-refractivity contribution in [3.63, 3.8) is 0 Å². The van der Waals surface area contributed by atoms with Gasteiger partial charge in [-0.05, 0) is 62.1 Å². The Kier molecular flexibility index (Phi) is 5.51. The van der Waals surface area contributed by atoms with Gasteiger partial charge < -0.3 is 19.5 Å². The van der Waals surface area contributed by atoms with E-state index in [1.807, 2.05) is 17.0 Å². The number of piperidine rings is 1. The largest absolute Gasteiger partial charge is 0.497 e. The summed E-state index contributed by atoms with van der Waals surface area (Å²) >= 11 is 0. The van der Waals surface area contributed by atoms with Gasteiger partial charge in [0.15, 0.2) is 5.65 Å². The van der Waals surface area contributed by atoms with E-state index in [0.717, 1.165) is 37.1 Å². The molecular weight excluding hydrogens is 406 g/mol. The molecule has 1 aromatic carbocycles. The molecule has 2 saturated heterocycles. The fraction of sp³-hybridized carbons (Fsp3) is 0.417. The van der Waals surface area contributed by atoms with Gasteiger partial charge in [0.05, 0.1) is 12.6 Å². The first-order valence-electron chi connectivity index (χ1n) is 11.2. The maximum atomic E-state index is 13.5. The maximum Gasteiger partial charge on any atom is 0.254 e. The van der Waals surface area contributed by atoms with Crippen molar-refractivity contribution in [3.05, 3.63) is 54.0 Å². The van der Waals surface area contributed by atoms with Crippen LogP contribution in [0.5, 0.6) is 5.75 Å². The number of benzene rings is 1. The number of methoxy groups -OCH3 is 1. The molecule has 8 heteroatoms. The molecule has 3 aromatic rings. The van der Waals surface area contributed by atoms with Gasteiger partial charge in [0.25, 0.3) is 5.91 Å². The number of ether oxygens (including phenoxy) is 1. The number of hydrogen-bond acceptors (Lipinski definition) is 5. The number of carbonyl (C=O) groups excluding carboxylic acids is 2. The Morgan fingerprint density at radius 2 is 1.91 bits per heavy atom. The molecule has 0 radical (unpaired) electrons. The Morgan fingerprint density at radius 1 is 1.09 bits per heavy atom. The molecule has 2 aromatic heterocycles. The van der Waals surface area contributed by atoms with Crippen LogP contribution in [0.3, 0.4) is 0 Å². The van der Waals surface area contributed by atoms with Crippen LogP contribution in [0.15, 0.2) is 42.6 Å². The number of nitrogens with one attached hydrogen (secondary N) is 1. The molecule has 0 saturated carbocycles. The summed E-state index contributed by atoms with van der Waals surface area (Å²) in [5, 5.41) is 0. The first-order chi connectivity index (χ1) is 15.6. The molecule has 0 bridgehead atoms. The first-order valence-corrected chi connectivity index (χ1v) is 11.2. The summed E-state index contributed by atoms with van der Waals surface area (Å²) in [6.45, 7) is 1.93. The van der Waals surface area contributed by atoms with Crippen molar-refractivity contribution in [2.75, 3.05) is 26.7 Å². The molecule has 1 N–H and O–H groups in total. The lowest BCUT2D eigenvalue weighted by Gasteiger charge is -2.35. The Morgan fingerprint density at radius 3 is 2.69 bits per heavy atom. The highest BCUT2D eigenvalue weighted by molar-refractivity contribution is 5.98. The van der Waals surface area contributed by atoms with Crippen molar-refractivity contribution < 1.29 is 14.3 Å². The van der Waals surface area contributed by atoms with Gasteiger partial charge in [-0.3, -0.25) is 9.59 Å². The van der Waals surface area contributed by atoms with Gasteiger partial charge in [-0.2, -0.15) is 0 Å².